The number of rotatable bonds is 7. The van der Waals surface area contributed by atoms with Crippen LogP contribution in [0, 0.1) is 11.3 Å². The molecule has 2 N–H and O–H groups in total. The molecule has 0 fully saturated rings. The van der Waals surface area contributed by atoms with Gasteiger partial charge in [-0.3, -0.25) is 0 Å². The number of nitriles is 1. The van der Waals surface area contributed by atoms with Crippen LogP contribution in [0.15, 0.2) is 0 Å². The second kappa shape index (κ2) is 6.15. The monoisotopic (exact) mass is 269 g/mol. The van der Waals surface area contributed by atoms with Crippen molar-refractivity contribution in [2.24, 2.45) is 0 Å². The summed E-state index contributed by atoms with van der Waals surface area (Å²) in [5, 5.41) is 7.46. The number of sulfonamides is 2. The smallest absolute Gasteiger partial charge is 0.214 e. The third-order valence-corrected chi connectivity index (χ3v) is 4.20. The van der Waals surface area contributed by atoms with Gasteiger partial charge in [0.1, 0.15) is 0 Å². The summed E-state index contributed by atoms with van der Waals surface area (Å²) in [6.45, 7) is 1.47. The van der Waals surface area contributed by atoms with Gasteiger partial charge < -0.3 is 0 Å². The quantitative estimate of drug-likeness (QED) is 0.561. The Balaban J connectivity index is 4.17. The molecular weight excluding hydrogens is 254 g/mol. The van der Waals surface area contributed by atoms with E-state index in [0.717, 1.165) is 6.26 Å². The molecule has 0 aromatic rings. The van der Waals surface area contributed by atoms with Crippen molar-refractivity contribution in [1.29, 1.82) is 5.26 Å². The predicted molar refractivity (Wildman–Crippen MR) is 59.5 cm³/mol. The van der Waals surface area contributed by atoms with E-state index >= 15 is 0 Å². The van der Waals surface area contributed by atoms with E-state index in [1.807, 2.05) is 0 Å². The van der Waals surface area contributed by atoms with Crippen LogP contribution >= 0.6 is 0 Å². The van der Waals surface area contributed by atoms with E-state index in [9.17, 15) is 16.8 Å². The van der Waals surface area contributed by atoms with Gasteiger partial charge in [0.05, 0.1) is 12.3 Å². The first kappa shape index (κ1) is 15.3. The largest absolute Gasteiger partial charge is 0.228 e. The number of nitrogens with zero attached hydrogens (tertiary/aromatic N) is 1. The maximum absolute atomic E-state index is 11.4. The summed E-state index contributed by atoms with van der Waals surface area (Å²) in [5.74, 6) is 0. The van der Waals surface area contributed by atoms with Crippen LogP contribution in [0.25, 0.3) is 0 Å². The molecule has 1 atom stereocenters. The average molecular weight is 269 g/mol. The zero-order valence-corrected chi connectivity index (χ0v) is 10.7. The van der Waals surface area contributed by atoms with Gasteiger partial charge in [0.15, 0.2) is 5.25 Å². The van der Waals surface area contributed by atoms with E-state index in [1.165, 1.54) is 0 Å². The van der Waals surface area contributed by atoms with E-state index in [4.69, 9.17) is 5.26 Å². The lowest BCUT2D eigenvalue weighted by molar-refractivity contribution is 0.567. The Hall–Kier alpha value is -0.690. The Morgan fingerprint density at radius 2 is 1.69 bits per heavy atom. The van der Waals surface area contributed by atoms with Crippen LogP contribution in [0.3, 0.4) is 0 Å². The zero-order valence-electron chi connectivity index (χ0n) is 9.10. The minimum Gasteiger partial charge on any atom is -0.214 e. The lowest BCUT2D eigenvalue weighted by Gasteiger charge is -2.09. The van der Waals surface area contributed by atoms with Crippen LogP contribution in [-0.2, 0) is 20.0 Å². The summed E-state index contributed by atoms with van der Waals surface area (Å²) in [7, 11) is -7.01. The summed E-state index contributed by atoms with van der Waals surface area (Å²) in [4.78, 5) is 0. The SMILES string of the molecule is CCC(C#N)S(=O)(=O)NCCNS(C)(=O)=O. The van der Waals surface area contributed by atoms with Crippen molar-refractivity contribution in [2.75, 3.05) is 19.3 Å². The Morgan fingerprint density at radius 3 is 2.06 bits per heavy atom. The highest BCUT2D eigenvalue weighted by molar-refractivity contribution is 7.90. The number of hydrogen-bond donors (Lipinski definition) is 2. The Labute approximate surface area is 95.9 Å². The van der Waals surface area contributed by atoms with Crippen molar-refractivity contribution in [3.05, 3.63) is 0 Å². The van der Waals surface area contributed by atoms with Gasteiger partial charge >= 0.3 is 0 Å². The summed E-state index contributed by atoms with van der Waals surface area (Å²) in [5.41, 5.74) is 0. The molecule has 9 heteroatoms. The molecule has 0 spiro atoms. The second-order valence-corrected chi connectivity index (χ2v) is 6.91. The van der Waals surface area contributed by atoms with Crippen LogP contribution in [0.1, 0.15) is 13.3 Å². The fourth-order valence-electron chi connectivity index (χ4n) is 0.910. The highest BCUT2D eigenvalue weighted by atomic mass is 32.2. The van der Waals surface area contributed by atoms with Crippen LogP contribution in [0.5, 0.6) is 0 Å². The maximum atomic E-state index is 11.4. The maximum Gasteiger partial charge on any atom is 0.228 e. The molecule has 0 bridgehead atoms. The van der Waals surface area contributed by atoms with Crippen molar-refractivity contribution in [3.8, 4) is 6.07 Å². The van der Waals surface area contributed by atoms with Crippen LogP contribution < -0.4 is 9.44 Å². The minimum absolute atomic E-state index is 0.0417. The first-order chi connectivity index (χ1) is 7.23. The van der Waals surface area contributed by atoms with Gasteiger partial charge in [0.2, 0.25) is 20.0 Å². The predicted octanol–water partition coefficient (Wildman–Crippen LogP) is -1.24. The second-order valence-electron chi connectivity index (χ2n) is 3.13. The lowest BCUT2D eigenvalue weighted by Crippen LogP contribution is -2.38. The molecule has 1 unspecified atom stereocenters. The van der Waals surface area contributed by atoms with E-state index in [2.05, 4.69) is 9.44 Å². The molecule has 16 heavy (non-hydrogen) atoms. The lowest BCUT2D eigenvalue weighted by atomic mass is 10.4. The Kier molecular flexibility index (Phi) is 5.88. The third kappa shape index (κ3) is 6.02. The molecular formula is C7H15N3O4S2. The van der Waals surface area contributed by atoms with E-state index in [-0.39, 0.29) is 19.5 Å². The van der Waals surface area contributed by atoms with Gasteiger partial charge in [-0.05, 0) is 6.42 Å². The molecule has 0 amide bonds. The molecule has 0 aromatic carbocycles. The van der Waals surface area contributed by atoms with Crippen LogP contribution in [0.2, 0.25) is 0 Å². The van der Waals surface area contributed by atoms with Crippen molar-refractivity contribution in [2.45, 2.75) is 18.6 Å². The number of nitrogens with one attached hydrogen (secondary N) is 2. The molecule has 0 aromatic heterocycles. The topological polar surface area (TPSA) is 116 Å². The fraction of sp³-hybridized carbons (Fsp3) is 0.857. The van der Waals surface area contributed by atoms with Crippen molar-refractivity contribution < 1.29 is 16.8 Å². The van der Waals surface area contributed by atoms with Crippen molar-refractivity contribution >= 4 is 20.0 Å². The van der Waals surface area contributed by atoms with Crippen molar-refractivity contribution in [1.82, 2.24) is 9.44 Å². The first-order valence-electron chi connectivity index (χ1n) is 4.55. The molecule has 0 saturated carbocycles. The van der Waals surface area contributed by atoms with Crippen LogP contribution in [-0.4, -0.2) is 41.4 Å². The van der Waals surface area contributed by atoms with Gasteiger partial charge in [0, 0.05) is 13.1 Å². The highest BCUT2D eigenvalue weighted by Crippen LogP contribution is 2.01. The molecule has 0 radical (unpaired) electrons. The molecule has 0 aliphatic rings. The number of hydrogen-bond acceptors (Lipinski definition) is 5. The van der Waals surface area contributed by atoms with Gasteiger partial charge in [-0.25, -0.2) is 26.3 Å². The normalized spacial score (nSPS) is 14.3. The van der Waals surface area contributed by atoms with Gasteiger partial charge in [0.25, 0.3) is 0 Å². The van der Waals surface area contributed by atoms with Crippen LogP contribution in [0.4, 0.5) is 0 Å². The molecule has 0 rings (SSSR count). The first-order valence-corrected chi connectivity index (χ1v) is 7.99. The summed E-state index contributed by atoms with van der Waals surface area (Å²) in [6.07, 6.45) is 1.16. The molecule has 0 heterocycles. The minimum atomic E-state index is -3.69. The molecule has 94 valence electrons. The molecule has 7 nitrogen and oxygen atoms in total. The van der Waals surface area contributed by atoms with E-state index < -0.39 is 25.3 Å². The van der Waals surface area contributed by atoms with E-state index in [0.29, 0.717) is 0 Å². The van der Waals surface area contributed by atoms with Gasteiger partial charge in [-0.1, -0.05) is 6.92 Å². The average Bonchev–Trinajstić information content (AvgIpc) is 2.12. The van der Waals surface area contributed by atoms with E-state index in [1.54, 1.807) is 13.0 Å². The standard InChI is InChI=1S/C7H15N3O4S2/c1-3-7(6-8)16(13,14)10-5-4-9-15(2,11)12/h7,9-10H,3-5H2,1-2H3. The van der Waals surface area contributed by atoms with Crippen molar-refractivity contribution in [3.63, 3.8) is 0 Å². The fourth-order valence-corrected chi connectivity index (χ4v) is 2.55. The Morgan fingerprint density at radius 1 is 1.19 bits per heavy atom. The summed E-state index contributed by atoms with van der Waals surface area (Å²) in [6, 6.07) is 1.66. The zero-order chi connectivity index (χ0) is 12.8. The highest BCUT2D eigenvalue weighted by Gasteiger charge is 2.22. The molecule has 0 saturated heterocycles. The Bertz CT molecular complexity index is 449. The third-order valence-electron chi connectivity index (χ3n) is 1.68. The summed E-state index contributed by atoms with van der Waals surface area (Å²) < 4.78 is 48.4. The van der Waals surface area contributed by atoms with Gasteiger partial charge in [-0.2, -0.15) is 5.26 Å². The molecule has 0 aliphatic heterocycles. The molecule has 0 aliphatic carbocycles. The van der Waals surface area contributed by atoms with Gasteiger partial charge in [-0.15, -0.1) is 0 Å². The summed E-state index contributed by atoms with van der Waals surface area (Å²) >= 11 is 0.